The number of aromatic nitrogens is 2. The summed E-state index contributed by atoms with van der Waals surface area (Å²) in [6, 6.07) is -0.646. The van der Waals surface area contributed by atoms with Crippen molar-refractivity contribution in [3.8, 4) is 0 Å². The van der Waals surface area contributed by atoms with Gasteiger partial charge in [-0.2, -0.15) is 18.3 Å². The van der Waals surface area contributed by atoms with Gasteiger partial charge < -0.3 is 5.32 Å². The maximum atomic E-state index is 12.9. The molecule has 1 heterocycles. The lowest BCUT2D eigenvalue weighted by atomic mass is 10.2. The Kier molecular flexibility index (Phi) is 3.43. The van der Waals surface area contributed by atoms with Crippen molar-refractivity contribution in [2.45, 2.75) is 56.8 Å². The number of amides is 1. The third kappa shape index (κ3) is 2.88. The van der Waals surface area contributed by atoms with Crippen molar-refractivity contribution in [2.24, 2.45) is 0 Å². The number of carbonyl (C=O) groups is 1. The minimum absolute atomic E-state index is 0.0303. The smallest absolute Gasteiger partial charge is 0.352 e. The van der Waals surface area contributed by atoms with E-state index in [1.54, 1.807) is 6.92 Å². The van der Waals surface area contributed by atoms with E-state index in [1.165, 1.54) is 0 Å². The van der Waals surface area contributed by atoms with E-state index in [0.717, 1.165) is 30.4 Å². The Hall–Kier alpha value is -1.24. The standard InChI is InChI=1S/C13H15ClF3N3O/c1-6(12(21)18-8-4-5-8)20-10(7-2-3-7)9(14)11(19-20)13(15,16)17/h6-8H,2-5H2,1H3,(H,18,21). The van der Waals surface area contributed by atoms with Crippen LogP contribution in [0.2, 0.25) is 5.02 Å². The van der Waals surface area contributed by atoms with Crippen molar-refractivity contribution in [3.05, 3.63) is 16.4 Å². The van der Waals surface area contributed by atoms with Gasteiger partial charge in [0, 0.05) is 12.0 Å². The quantitative estimate of drug-likeness (QED) is 0.925. The molecule has 1 N–H and O–H groups in total. The van der Waals surface area contributed by atoms with Crippen molar-refractivity contribution in [3.63, 3.8) is 0 Å². The normalized spacial score (nSPS) is 20.4. The van der Waals surface area contributed by atoms with Crippen LogP contribution in [0.4, 0.5) is 13.2 Å². The first-order valence-electron chi connectivity index (χ1n) is 6.94. The van der Waals surface area contributed by atoms with E-state index >= 15 is 0 Å². The highest BCUT2D eigenvalue weighted by atomic mass is 35.5. The summed E-state index contributed by atoms with van der Waals surface area (Å²) >= 11 is 5.88. The maximum absolute atomic E-state index is 12.9. The first-order chi connectivity index (χ1) is 9.79. The summed E-state index contributed by atoms with van der Waals surface area (Å²) in [7, 11) is 0. The number of alkyl halides is 3. The van der Waals surface area contributed by atoms with Crippen LogP contribution in [0.5, 0.6) is 0 Å². The van der Waals surface area contributed by atoms with Gasteiger partial charge in [0.15, 0.2) is 5.69 Å². The van der Waals surface area contributed by atoms with Crippen LogP contribution in [0.25, 0.3) is 0 Å². The average Bonchev–Trinajstić information content (AvgIpc) is 3.28. The largest absolute Gasteiger partial charge is 0.436 e. The van der Waals surface area contributed by atoms with Gasteiger partial charge in [-0.15, -0.1) is 0 Å². The highest BCUT2D eigenvalue weighted by molar-refractivity contribution is 6.32. The zero-order valence-corrected chi connectivity index (χ0v) is 12.1. The molecule has 1 aromatic heterocycles. The SMILES string of the molecule is CC(C(=O)NC1CC1)n1nc(C(F)(F)F)c(Cl)c1C1CC1. The Morgan fingerprint density at radius 1 is 1.38 bits per heavy atom. The van der Waals surface area contributed by atoms with E-state index in [4.69, 9.17) is 11.6 Å². The number of nitrogens with one attached hydrogen (secondary N) is 1. The second-order valence-electron chi connectivity index (χ2n) is 5.72. The molecule has 0 spiro atoms. The van der Waals surface area contributed by atoms with Crippen LogP contribution in [0.15, 0.2) is 0 Å². The minimum atomic E-state index is -4.61. The minimum Gasteiger partial charge on any atom is -0.352 e. The molecule has 3 rings (SSSR count). The third-order valence-corrected chi connectivity index (χ3v) is 4.16. The Bertz CT molecular complexity index is 576. The first-order valence-corrected chi connectivity index (χ1v) is 7.32. The van der Waals surface area contributed by atoms with Crippen molar-refractivity contribution in [1.82, 2.24) is 15.1 Å². The molecule has 1 unspecified atom stereocenters. The monoisotopic (exact) mass is 321 g/mol. The molecule has 0 saturated heterocycles. The number of rotatable bonds is 4. The number of nitrogens with zero attached hydrogens (tertiary/aromatic N) is 2. The molecule has 116 valence electrons. The van der Waals surface area contributed by atoms with E-state index < -0.39 is 17.9 Å². The van der Waals surface area contributed by atoms with Crippen molar-refractivity contribution in [1.29, 1.82) is 0 Å². The molecule has 4 nitrogen and oxygen atoms in total. The van der Waals surface area contributed by atoms with Crippen LogP contribution in [-0.2, 0) is 11.0 Å². The zero-order valence-electron chi connectivity index (χ0n) is 11.4. The first kappa shape index (κ1) is 14.7. The van der Waals surface area contributed by atoms with Gasteiger partial charge in [-0.3, -0.25) is 9.48 Å². The molecular weight excluding hydrogens is 307 g/mol. The summed E-state index contributed by atoms with van der Waals surface area (Å²) in [6.07, 6.45) is -1.22. The Morgan fingerprint density at radius 2 is 2.00 bits per heavy atom. The molecule has 2 aliphatic carbocycles. The Balaban J connectivity index is 1.94. The topological polar surface area (TPSA) is 46.9 Å². The lowest BCUT2D eigenvalue weighted by Crippen LogP contribution is -2.33. The van der Waals surface area contributed by atoms with Crippen LogP contribution < -0.4 is 5.32 Å². The molecule has 2 aliphatic rings. The molecule has 21 heavy (non-hydrogen) atoms. The van der Waals surface area contributed by atoms with E-state index in [1.807, 2.05) is 0 Å². The van der Waals surface area contributed by atoms with Gasteiger partial charge in [0.1, 0.15) is 6.04 Å². The molecule has 2 fully saturated rings. The summed E-state index contributed by atoms with van der Waals surface area (Å²) in [5.74, 6) is -0.343. The van der Waals surface area contributed by atoms with Gasteiger partial charge in [-0.05, 0) is 32.6 Å². The van der Waals surface area contributed by atoms with E-state index in [9.17, 15) is 18.0 Å². The van der Waals surface area contributed by atoms with Crippen LogP contribution in [0, 0.1) is 0 Å². The highest BCUT2D eigenvalue weighted by Gasteiger charge is 2.43. The summed E-state index contributed by atoms with van der Waals surface area (Å²) in [5.41, 5.74) is -0.764. The van der Waals surface area contributed by atoms with Crippen LogP contribution in [0.1, 0.15) is 56.0 Å². The molecule has 2 saturated carbocycles. The van der Waals surface area contributed by atoms with E-state index in [0.29, 0.717) is 5.69 Å². The molecule has 8 heteroatoms. The van der Waals surface area contributed by atoms with Crippen molar-refractivity contribution >= 4 is 17.5 Å². The van der Waals surface area contributed by atoms with Crippen molar-refractivity contribution in [2.75, 3.05) is 0 Å². The van der Waals surface area contributed by atoms with Crippen molar-refractivity contribution < 1.29 is 18.0 Å². The predicted molar refractivity (Wildman–Crippen MR) is 70.1 cm³/mol. The van der Waals surface area contributed by atoms with Gasteiger partial charge in [0.05, 0.1) is 10.7 Å². The van der Waals surface area contributed by atoms with Crippen LogP contribution in [-0.4, -0.2) is 21.7 Å². The van der Waals surface area contributed by atoms with Crippen LogP contribution in [0.3, 0.4) is 0 Å². The van der Waals surface area contributed by atoms with Gasteiger partial charge in [-0.25, -0.2) is 0 Å². The highest BCUT2D eigenvalue weighted by Crippen LogP contribution is 2.47. The molecule has 0 radical (unpaired) electrons. The Labute approximate surface area is 124 Å². The summed E-state index contributed by atoms with van der Waals surface area (Å²) in [5, 5.41) is 6.01. The van der Waals surface area contributed by atoms with Gasteiger partial charge in [0.2, 0.25) is 5.91 Å². The van der Waals surface area contributed by atoms with E-state index in [-0.39, 0.29) is 22.9 Å². The number of hydrogen-bond donors (Lipinski definition) is 1. The second-order valence-corrected chi connectivity index (χ2v) is 6.10. The number of halogens is 4. The van der Waals surface area contributed by atoms with E-state index in [2.05, 4.69) is 10.4 Å². The maximum Gasteiger partial charge on any atom is 0.436 e. The zero-order chi connectivity index (χ0) is 15.4. The average molecular weight is 322 g/mol. The van der Waals surface area contributed by atoms with Gasteiger partial charge in [-0.1, -0.05) is 11.6 Å². The number of carbonyl (C=O) groups excluding carboxylic acids is 1. The Morgan fingerprint density at radius 3 is 2.48 bits per heavy atom. The molecule has 0 bridgehead atoms. The second kappa shape index (κ2) is 4.90. The predicted octanol–water partition coefficient (Wildman–Crippen LogP) is 3.27. The fourth-order valence-corrected chi connectivity index (χ4v) is 2.67. The van der Waals surface area contributed by atoms with Crippen LogP contribution >= 0.6 is 11.6 Å². The summed E-state index contributed by atoms with van der Waals surface area (Å²) in [4.78, 5) is 12.1. The molecule has 1 amide bonds. The third-order valence-electron chi connectivity index (χ3n) is 3.79. The molecular formula is C13H15ClF3N3O. The summed E-state index contributed by atoms with van der Waals surface area (Å²) in [6.45, 7) is 1.55. The summed E-state index contributed by atoms with van der Waals surface area (Å²) < 4.78 is 40.0. The lowest BCUT2D eigenvalue weighted by molar-refractivity contribution is -0.141. The van der Waals surface area contributed by atoms with Gasteiger partial charge >= 0.3 is 6.18 Å². The fourth-order valence-electron chi connectivity index (χ4n) is 2.29. The fraction of sp³-hybridized carbons (Fsp3) is 0.692. The molecule has 1 atom stereocenters. The molecule has 1 aromatic rings. The lowest BCUT2D eigenvalue weighted by Gasteiger charge is -2.15. The molecule has 0 aromatic carbocycles. The number of hydrogen-bond acceptors (Lipinski definition) is 2. The van der Waals surface area contributed by atoms with Gasteiger partial charge in [0.25, 0.3) is 0 Å². The molecule has 0 aliphatic heterocycles.